The summed E-state index contributed by atoms with van der Waals surface area (Å²) in [6.07, 6.45) is 0.364. The zero-order chi connectivity index (χ0) is 17.1. The van der Waals surface area contributed by atoms with Gasteiger partial charge in [0.25, 0.3) is 0 Å². The lowest BCUT2D eigenvalue weighted by Gasteiger charge is -2.13. The second-order valence-corrected chi connectivity index (χ2v) is 4.52. The molecule has 0 amide bonds. The molecule has 0 fully saturated rings. The maximum atomic E-state index is 12.5. The molecule has 0 saturated heterocycles. The fraction of sp³-hybridized carbons (Fsp3) is 0.533. The molecule has 1 aromatic carbocycles. The Morgan fingerprint density at radius 3 is 2.62 bits per heavy atom. The van der Waals surface area contributed by atoms with Crippen LogP contribution in [0.5, 0.6) is 11.5 Å². The van der Waals surface area contributed by atoms with E-state index in [1.807, 2.05) is 6.92 Å². The highest BCUT2D eigenvalue weighted by Gasteiger charge is 2.11. The third-order valence-electron chi connectivity index (χ3n) is 2.84. The van der Waals surface area contributed by atoms with Crippen molar-refractivity contribution in [2.45, 2.75) is 26.5 Å². The van der Waals surface area contributed by atoms with Gasteiger partial charge in [-0.15, -0.1) is 24.0 Å². The largest absolute Gasteiger partial charge is 0.497 e. The van der Waals surface area contributed by atoms with E-state index in [4.69, 9.17) is 4.74 Å². The number of benzene rings is 1. The first-order chi connectivity index (χ1) is 11.1. The summed E-state index contributed by atoms with van der Waals surface area (Å²) in [5.41, 5.74) is 0.465. The lowest BCUT2D eigenvalue weighted by molar-refractivity contribution is -0.0504. The minimum Gasteiger partial charge on any atom is -0.497 e. The van der Waals surface area contributed by atoms with Crippen LogP contribution in [0.25, 0.3) is 0 Å². The van der Waals surface area contributed by atoms with Crippen LogP contribution >= 0.6 is 24.0 Å². The summed E-state index contributed by atoms with van der Waals surface area (Å²) in [7, 11) is 1.48. The molecule has 0 heterocycles. The average Bonchev–Trinajstić information content (AvgIpc) is 2.53. The Kier molecular flexibility index (Phi) is 12.2. The zero-order valence-corrected chi connectivity index (χ0v) is 16.0. The summed E-state index contributed by atoms with van der Waals surface area (Å²) in [4.78, 5) is 4.29. The first kappa shape index (κ1) is 22.6. The summed E-state index contributed by atoms with van der Waals surface area (Å²) < 4.78 is 46.6. The van der Waals surface area contributed by atoms with E-state index in [2.05, 4.69) is 20.4 Å². The lowest BCUT2D eigenvalue weighted by atomic mass is 10.2. The number of methoxy groups -OCH3 is 1. The van der Waals surface area contributed by atoms with Gasteiger partial charge in [-0.1, -0.05) is 0 Å². The highest BCUT2D eigenvalue weighted by Crippen LogP contribution is 2.26. The smallest absolute Gasteiger partial charge is 0.387 e. The van der Waals surface area contributed by atoms with Gasteiger partial charge in [-0.3, -0.25) is 4.39 Å². The summed E-state index contributed by atoms with van der Waals surface area (Å²) in [5.74, 6) is 1.04. The lowest BCUT2D eigenvalue weighted by Crippen LogP contribution is -2.37. The van der Waals surface area contributed by atoms with Crippen LogP contribution in [0.4, 0.5) is 13.2 Å². The van der Waals surface area contributed by atoms with Gasteiger partial charge in [0.1, 0.15) is 11.5 Å². The SMILES string of the molecule is CCNC(=NCc1cc(OC)ccc1OC(F)F)NCCCF.I. The van der Waals surface area contributed by atoms with Gasteiger partial charge >= 0.3 is 6.61 Å². The fourth-order valence-electron chi connectivity index (χ4n) is 1.80. The summed E-state index contributed by atoms with van der Waals surface area (Å²) in [6.45, 7) is -0.273. The second-order valence-electron chi connectivity index (χ2n) is 4.52. The number of rotatable bonds is 9. The number of nitrogens with one attached hydrogen (secondary N) is 2. The molecule has 0 atom stereocenters. The van der Waals surface area contributed by atoms with Crippen LogP contribution in [0.3, 0.4) is 0 Å². The molecule has 0 bridgehead atoms. The first-order valence-electron chi connectivity index (χ1n) is 7.30. The van der Waals surface area contributed by atoms with E-state index in [1.54, 1.807) is 6.07 Å². The molecule has 0 radical (unpaired) electrons. The number of hydrogen-bond acceptors (Lipinski definition) is 3. The van der Waals surface area contributed by atoms with Crippen LogP contribution in [-0.2, 0) is 6.54 Å². The quantitative estimate of drug-likeness (QED) is 0.257. The van der Waals surface area contributed by atoms with Gasteiger partial charge in [-0.2, -0.15) is 8.78 Å². The van der Waals surface area contributed by atoms with E-state index < -0.39 is 13.3 Å². The predicted octanol–water partition coefficient (Wildman–Crippen LogP) is 3.33. The molecule has 0 aliphatic rings. The Bertz CT molecular complexity index is 505. The van der Waals surface area contributed by atoms with Gasteiger partial charge in [0.15, 0.2) is 5.96 Å². The number of halogens is 4. The molecule has 138 valence electrons. The van der Waals surface area contributed by atoms with E-state index in [1.165, 1.54) is 19.2 Å². The molecular formula is C15H23F3IN3O2. The van der Waals surface area contributed by atoms with Gasteiger partial charge in [0.2, 0.25) is 0 Å². The minimum atomic E-state index is -2.91. The molecule has 1 rings (SSSR count). The molecule has 0 unspecified atom stereocenters. The molecule has 0 spiro atoms. The minimum absolute atomic E-state index is 0. The molecular weight excluding hydrogens is 438 g/mol. The number of ether oxygens (including phenoxy) is 2. The Morgan fingerprint density at radius 1 is 1.29 bits per heavy atom. The van der Waals surface area contributed by atoms with Crippen LogP contribution < -0.4 is 20.1 Å². The van der Waals surface area contributed by atoms with Crippen LogP contribution in [0.15, 0.2) is 23.2 Å². The maximum Gasteiger partial charge on any atom is 0.387 e. The van der Waals surface area contributed by atoms with Gasteiger partial charge in [0.05, 0.1) is 20.3 Å². The van der Waals surface area contributed by atoms with Gasteiger partial charge in [0, 0.05) is 18.7 Å². The van der Waals surface area contributed by atoms with Crippen molar-refractivity contribution in [1.82, 2.24) is 10.6 Å². The third kappa shape index (κ3) is 8.46. The molecule has 2 N–H and O–H groups in total. The van der Waals surface area contributed by atoms with Crippen molar-refractivity contribution in [2.75, 3.05) is 26.9 Å². The maximum absolute atomic E-state index is 12.5. The number of nitrogens with zero attached hydrogens (tertiary/aromatic N) is 1. The van der Waals surface area contributed by atoms with Crippen LogP contribution in [0.1, 0.15) is 18.9 Å². The third-order valence-corrected chi connectivity index (χ3v) is 2.84. The van der Waals surface area contributed by atoms with Crippen LogP contribution in [0, 0.1) is 0 Å². The zero-order valence-electron chi connectivity index (χ0n) is 13.7. The van der Waals surface area contributed by atoms with E-state index in [0.717, 1.165) is 0 Å². The number of hydrogen-bond donors (Lipinski definition) is 2. The molecule has 0 aromatic heterocycles. The highest BCUT2D eigenvalue weighted by molar-refractivity contribution is 14.0. The molecule has 9 heteroatoms. The Morgan fingerprint density at radius 2 is 2.04 bits per heavy atom. The summed E-state index contributed by atoms with van der Waals surface area (Å²) >= 11 is 0. The fourth-order valence-corrected chi connectivity index (χ4v) is 1.80. The van der Waals surface area contributed by atoms with Crippen molar-refractivity contribution in [3.8, 4) is 11.5 Å². The highest BCUT2D eigenvalue weighted by atomic mass is 127. The first-order valence-corrected chi connectivity index (χ1v) is 7.30. The van der Waals surface area contributed by atoms with Gasteiger partial charge in [-0.25, -0.2) is 4.99 Å². The molecule has 0 saturated carbocycles. The second kappa shape index (κ2) is 13.0. The van der Waals surface area contributed by atoms with E-state index >= 15 is 0 Å². The monoisotopic (exact) mass is 461 g/mol. The Labute approximate surface area is 157 Å². The number of alkyl halides is 3. The van der Waals surface area contributed by atoms with Crippen LogP contribution in [-0.4, -0.2) is 39.4 Å². The Balaban J connectivity index is 0.00000529. The van der Waals surface area contributed by atoms with Crippen molar-refractivity contribution in [3.63, 3.8) is 0 Å². The normalized spacial score (nSPS) is 11.0. The standard InChI is InChI=1S/C15H22F3N3O2.HI/c1-3-19-15(20-8-4-7-16)21-10-11-9-12(22-2)5-6-13(11)23-14(17)18;/h5-6,9,14H,3-4,7-8,10H2,1-2H3,(H2,19,20,21);1H. The van der Waals surface area contributed by atoms with E-state index in [9.17, 15) is 13.2 Å². The average molecular weight is 461 g/mol. The summed E-state index contributed by atoms with van der Waals surface area (Å²) in [6, 6.07) is 4.54. The van der Waals surface area contributed by atoms with Gasteiger partial charge < -0.3 is 20.1 Å². The van der Waals surface area contributed by atoms with E-state index in [0.29, 0.717) is 36.8 Å². The van der Waals surface area contributed by atoms with Crippen LogP contribution in [0.2, 0.25) is 0 Å². The summed E-state index contributed by atoms with van der Waals surface area (Å²) in [5, 5.41) is 5.96. The van der Waals surface area contributed by atoms with Crippen molar-refractivity contribution in [3.05, 3.63) is 23.8 Å². The molecule has 1 aromatic rings. The van der Waals surface area contributed by atoms with Crippen molar-refractivity contribution in [2.24, 2.45) is 4.99 Å². The number of aliphatic imine (C=N–C) groups is 1. The molecule has 5 nitrogen and oxygen atoms in total. The van der Waals surface area contributed by atoms with Crippen molar-refractivity contribution in [1.29, 1.82) is 0 Å². The molecule has 24 heavy (non-hydrogen) atoms. The predicted molar refractivity (Wildman–Crippen MR) is 98.5 cm³/mol. The molecule has 0 aliphatic heterocycles. The topological polar surface area (TPSA) is 54.9 Å². The molecule has 0 aliphatic carbocycles. The number of guanidine groups is 1. The van der Waals surface area contributed by atoms with Gasteiger partial charge in [-0.05, 0) is 31.5 Å². The van der Waals surface area contributed by atoms with Crippen molar-refractivity contribution >= 4 is 29.9 Å². The van der Waals surface area contributed by atoms with Crippen molar-refractivity contribution < 1.29 is 22.6 Å². The Hall–Kier alpha value is -1.39. The van der Waals surface area contributed by atoms with E-state index in [-0.39, 0.29) is 36.3 Å².